The molecule has 6 nitrogen and oxygen atoms in total. The van der Waals surface area contributed by atoms with Crippen LogP contribution in [0.15, 0.2) is 42.6 Å². The van der Waals surface area contributed by atoms with Gasteiger partial charge in [-0.05, 0) is 37.5 Å². The molecular weight excluding hydrogens is 326 g/mol. The van der Waals surface area contributed by atoms with Gasteiger partial charge in [-0.25, -0.2) is 4.68 Å². The van der Waals surface area contributed by atoms with Gasteiger partial charge >= 0.3 is 0 Å². The van der Waals surface area contributed by atoms with E-state index in [9.17, 15) is 4.79 Å². The summed E-state index contributed by atoms with van der Waals surface area (Å²) in [6.07, 6.45) is 2.35. The highest BCUT2D eigenvalue weighted by Crippen LogP contribution is 2.27. The number of hydrogen-bond donors (Lipinski definition) is 1. The van der Waals surface area contributed by atoms with Crippen LogP contribution in [0.1, 0.15) is 54.1 Å². The Morgan fingerprint density at radius 1 is 1.19 bits per heavy atom. The van der Waals surface area contributed by atoms with Crippen molar-refractivity contribution < 1.29 is 4.79 Å². The number of aryl methyl sites for hydroxylation is 2. The van der Waals surface area contributed by atoms with Crippen LogP contribution < -0.4 is 5.32 Å². The molecule has 1 N–H and O–H groups in total. The third-order valence-electron chi connectivity index (χ3n) is 4.17. The summed E-state index contributed by atoms with van der Waals surface area (Å²) < 4.78 is 1.87. The highest BCUT2D eigenvalue weighted by atomic mass is 16.1. The number of aromatic nitrogens is 4. The lowest BCUT2D eigenvalue weighted by Gasteiger charge is -2.14. The van der Waals surface area contributed by atoms with Gasteiger partial charge in [0, 0.05) is 0 Å². The van der Waals surface area contributed by atoms with Crippen LogP contribution in [-0.4, -0.2) is 25.9 Å². The van der Waals surface area contributed by atoms with Crippen molar-refractivity contribution in [1.82, 2.24) is 20.0 Å². The molecule has 3 rings (SSSR count). The van der Waals surface area contributed by atoms with E-state index in [4.69, 9.17) is 0 Å². The second-order valence-electron chi connectivity index (χ2n) is 6.50. The molecule has 0 radical (unpaired) electrons. The van der Waals surface area contributed by atoms with E-state index in [1.54, 1.807) is 12.3 Å². The van der Waals surface area contributed by atoms with Gasteiger partial charge < -0.3 is 5.32 Å². The zero-order valence-corrected chi connectivity index (χ0v) is 15.5. The molecule has 2 heterocycles. The van der Waals surface area contributed by atoms with Gasteiger partial charge in [0.25, 0.3) is 5.91 Å². The Balaban J connectivity index is 1.97. The van der Waals surface area contributed by atoms with E-state index in [0.29, 0.717) is 23.4 Å². The minimum absolute atomic E-state index is 0.186. The Bertz CT molecular complexity index is 915. The monoisotopic (exact) mass is 349 g/mol. The van der Waals surface area contributed by atoms with Crippen LogP contribution in [0.2, 0.25) is 0 Å². The lowest BCUT2D eigenvalue weighted by Crippen LogP contribution is -2.17. The van der Waals surface area contributed by atoms with Crippen LogP contribution in [0.3, 0.4) is 0 Å². The van der Waals surface area contributed by atoms with Crippen molar-refractivity contribution in [2.45, 2.75) is 40.0 Å². The number of amides is 1. The maximum atomic E-state index is 12.9. The molecule has 0 fully saturated rings. The maximum absolute atomic E-state index is 12.9. The molecule has 134 valence electrons. The van der Waals surface area contributed by atoms with E-state index < -0.39 is 0 Å². The Kier molecular flexibility index (Phi) is 5.11. The third kappa shape index (κ3) is 3.49. The van der Waals surface area contributed by atoms with Gasteiger partial charge in [0.15, 0.2) is 0 Å². The van der Waals surface area contributed by atoms with Gasteiger partial charge in [0.2, 0.25) is 0 Å². The Morgan fingerprint density at radius 3 is 2.58 bits per heavy atom. The van der Waals surface area contributed by atoms with Crippen LogP contribution >= 0.6 is 0 Å². The van der Waals surface area contributed by atoms with E-state index in [0.717, 1.165) is 17.1 Å². The second-order valence-corrected chi connectivity index (χ2v) is 6.50. The van der Waals surface area contributed by atoms with Crippen LogP contribution in [0.25, 0.3) is 5.69 Å². The van der Waals surface area contributed by atoms with E-state index in [2.05, 4.69) is 34.5 Å². The molecule has 0 saturated heterocycles. The first kappa shape index (κ1) is 17.8. The number of para-hydroxylation sites is 1. The highest BCUT2D eigenvalue weighted by molar-refractivity contribution is 6.05. The average molecular weight is 349 g/mol. The van der Waals surface area contributed by atoms with Gasteiger partial charge in [-0.3, -0.25) is 4.79 Å². The van der Waals surface area contributed by atoms with E-state index >= 15 is 0 Å². The molecule has 2 aromatic heterocycles. The van der Waals surface area contributed by atoms with Gasteiger partial charge in [-0.1, -0.05) is 39.0 Å². The van der Waals surface area contributed by atoms with Gasteiger partial charge in [0.05, 0.1) is 40.2 Å². The Morgan fingerprint density at radius 2 is 1.92 bits per heavy atom. The first-order valence-electron chi connectivity index (χ1n) is 8.79. The highest BCUT2D eigenvalue weighted by Gasteiger charge is 2.20. The number of nitrogens with one attached hydrogen (secondary N) is 1. The molecule has 0 spiro atoms. The molecule has 3 aromatic rings. The van der Waals surface area contributed by atoms with Gasteiger partial charge in [0.1, 0.15) is 0 Å². The summed E-state index contributed by atoms with van der Waals surface area (Å²) in [7, 11) is 0. The van der Waals surface area contributed by atoms with Crippen molar-refractivity contribution in [3.05, 3.63) is 65.2 Å². The normalized spacial score (nSPS) is 11.0. The summed E-state index contributed by atoms with van der Waals surface area (Å²) in [6.45, 7) is 7.96. The number of hydrogen-bond acceptors (Lipinski definition) is 4. The van der Waals surface area contributed by atoms with E-state index in [-0.39, 0.29) is 11.8 Å². The zero-order chi connectivity index (χ0) is 18.7. The van der Waals surface area contributed by atoms with Crippen molar-refractivity contribution in [1.29, 1.82) is 0 Å². The van der Waals surface area contributed by atoms with E-state index in [1.807, 2.05) is 48.9 Å². The van der Waals surface area contributed by atoms with Crippen molar-refractivity contribution in [3.8, 4) is 5.69 Å². The van der Waals surface area contributed by atoms with E-state index in [1.165, 1.54) is 0 Å². The predicted molar refractivity (Wildman–Crippen MR) is 102 cm³/mol. The topological polar surface area (TPSA) is 72.7 Å². The zero-order valence-electron chi connectivity index (χ0n) is 15.5. The third-order valence-corrected chi connectivity index (χ3v) is 4.17. The molecule has 26 heavy (non-hydrogen) atoms. The molecule has 6 heteroatoms. The summed E-state index contributed by atoms with van der Waals surface area (Å²) in [4.78, 5) is 12.9. The largest absolute Gasteiger partial charge is 0.319 e. The van der Waals surface area contributed by atoms with Crippen LogP contribution in [0, 0.1) is 6.92 Å². The number of benzene rings is 1. The molecule has 0 aliphatic rings. The lowest BCUT2D eigenvalue weighted by atomic mass is 10.1. The quantitative estimate of drug-likeness (QED) is 0.758. The van der Waals surface area contributed by atoms with Crippen molar-refractivity contribution in [3.63, 3.8) is 0 Å². The van der Waals surface area contributed by atoms with Crippen molar-refractivity contribution in [2.75, 3.05) is 5.32 Å². The maximum Gasteiger partial charge on any atom is 0.257 e. The molecule has 0 bridgehead atoms. The summed E-state index contributed by atoms with van der Waals surface area (Å²) in [5.74, 6) is 0.00492. The minimum Gasteiger partial charge on any atom is -0.319 e. The van der Waals surface area contributed by atoms with Crippen molar-refractivity contribution in [2.24, 2.45) is 0 Å². The lowest BCUT2D eigenvalue weighted by molar-refractivity contribution is 0.102. The first-order valence-corrected chi connectivity index (χ1v) is 8.79. The number of carbonyl (C=O) groups excluding carboxylic acids is 1. The molecule has 1 aromatic carbocycles. The molecule has 0 saturated carbocycles. The average Bonchev–Trinajstić information content (AvgIpc) is 3.06. The summed E-state index contributed by atoms with van der Waals surface area (Å²) >= 11 is 0. The molecule has 0 aliphatic heterocycles. The fourth-order valence-corrected chi connectivity index (χ4v) is 2.95. The van der Waals surface area contributed by atoms with Crippen molar-refractivity contribution >= 4 is 11.6 Å². The fourth-order valence-electron chi connectivity index (χ4n) is 2.95. The number of rotatable bonds is 5. The number of anilines is 1. The second kappa shape index (κ2) is 7.47. The standard InChI is InChI=1S/C20H23N5O/c1-5-17-16(11-14(4)23-24-17)20(26)22-18-12-21-25(19(18)13(2)3)15-9-7-6-8-10-15/h6-13H,5H2,1-4H3,(H,22,26). The molecule has 1 amide bonds. The van der Waals surface area contributed by atoms with Crippen LogP contribution in [0.5, 0.6) is 0 Å². The van der Waals surface area contributed by atoms with Crippen LogP contribution in [-0.2, 0) is 6.42 Å². The Labute approximate surface area is 153 Å². The molecular formula is C20H23N5O. The summed E-state index contributed by atoms with van der Waals surface area (Å²) in [5.41, 5.74) is 4.60. The Hall–Kier alpha value is -3.02. The SMILES string of the molecule is CCc1nnc(C)cc1C(=O)Nc1cnn(-c2ccccc2)c1C(C)C. The number of nitrogens with zero attached hydrogens (tertiary/aromatic N) is 4. The first-order chi connectivity index (χ1) is 12.5. The molecule has 0 atom stereocenters. The van der Waals surface area contributed by atoms with Gasteiger partial charge in [-0.15, -0.1) is 0 Å². The predicted octanol–water partition coefficient (Wildman–Crippen LogP) is 3.91. The molecule has 0 aliphatic carbocycles. The summed E-state index contributed by atoms with van der Waals surface area (Å²) in [5, 5.41) is 15.7. The number of carbonyl (C=O) groups is 1. The fraction of sp³-hybridized carbons (Fsp3) is 0.300. The summed E-state index contributed by atoms with van der Waals surface area (Å²) in [6, 6.07) is 11.7. The van der Waals surface area contributed by atoms with Gasteiger partial charge in [-0.2, -0.15) is 15.3 Å². The smallest absolute Gasteiger partial charge is 0.257 e. The molecule has 0 unspecified atom stereocenters. The minimum atomic E-state index is -0.186. The van der Waals surface area contributed by atoms with Crippen LogP contribution in [0.4, 0.5) is 5.69 Å².